The Balaban J connectivity index is 1.78. The Morgan fingerprint density at radius 3 is 2.95 bits per heavy atom. The largest absolute Gasteiger partial charge is 0.349 e. The fraction of sp³-hybridized carbons (Fsp3) is 0.429. The minimum absolute atomic E-state index is 0.0252. The lowest BCUT2D eigenvalue weighted by Gasteiger charge is -2.11. The van der Waals surface area contributed by atoms with E-state index in [4.69, 9.17) is 0 Å². The quantitative estimate of drug-likeness (QED) is 0.933. The Kier molecular flexibility index (Phi) is 3.41. The predicted molar refractivity (Wildman–Crippen MR) is 79.8 cm³/mol. The van der Waals surface area contributed by atoms with Gasteiger partial charge in [-0.05, 0) is 44.1 Å². The third-order valence-corrected chi connectivity index (χ3v) is 5.62. The predicted octanol–water partition coefficient (Wildman–Crippen LogP) is 3.71. The van der Waals surface area contributed by atoms with Crippen LogP contribution < -0.4 is 5.32 Å². The third-order valence-electron chi connectivity index (χ3n) is 3.42. The van der Waals surface area contributed by atoms with Crippen molar-refractivity contribution in [2.45, 2.75) is 32.7 Å². The van der Waals surface area contributed by atoms with Gasteiger partial charge in [0.2, 0.25) is 0 Å². The summed E-state index contributed by atoms with van der Waals surface area (Å²) in [5.74, 6) is 0.700. The molecule has 1 atom stereocenters. The second kappa shape index (κ2) is 5.06. The lowest BCUT2D eigenvalue weighted by Crippen LogP contribution is -2.33. The van der Waals surface area contributed by atoms with Gasteiger partial charge in [0.25, 0.3) is 5.91 Å². The van der Waals surface area contributed by atoms with Gasteiger partial charge >= 0.3 is 0 Å². The number of thiazole rings is 1. The van der Waals surface area contributed by atoms with E-state index in [2.05, 4.69) is 17.2 Å². The molecule has 2 heterocycles. The molecule has 100 valence electrons. The summed E-state index contributed by atoms with van der Waals surface area (Å²) >= 11 is 3.14. The Morgan fingerprint density at radius 2 is 2.32 bits per heavy atom. The molecule has 0 saturated heterocycles. The van der Waals surface area contributed by atoms with E-state index in [1.807, 2.05) is 24.4 Å². The van der Waals surface area contributed by atoms with E-state index in [-0.39, 0.29) is 11.9 Å². The molecule has 0 aliphatic heterocycles. The molecule has 19 heavy (non-hydrogen) atoms. The zero-order valence-corrected chi connectivity index (χ0v) is 12.6. The first-order chi connectivity index (χ1) is 9.15. The minimum atomic E-state index is 0.0252. The van der Waals surface area contributed by atoms with E-state index in [0.717, 1.165) is 20.5 Å². The van der Waals surface area contributed by atoms with Crippen LogP contribution in [0.4, 0.5) is 0 Å². The molecule has 1 N–H and O–H groups in total. The van der Waals surface area contributed by atoms with Crippen LogP contribution in [0.3, 0.4) is 0 Å². The van der Waals surface area contributed by atoms with Crippen LogP contribution in [-0.4, -0.2) is 16.9 Å². The number of aromatic nitrogens is 1. The molecule has 2 aromatic rings. The summed E-state index contributed by atoms with van der Waals surface area (Å²) in [5.41, 5.74) is 0.828. The number of carbonyl (C=O) groups is 1. The number of aryl methyl sites for hydroxylation is 1. The van der Waals surface area contributed by atoms with Crippen molar-refractivity contribution in [1.29, 1.82) is 0 Å². The van der Waals surface area contributed by atoms with Crippen LogP contribution in [0.15, 0.2) is 17.5 Å². The average Bonchev–Trinajstić information content (AvgIpc) is 2.94. The van der Waals surface area contributed by atoms with Crippen molar-refractivity contribution < 1.29 is 4.79 Å². The van der Waals surface area contributed by atoms with E-state index in [1.54, 1.807) is 11.3 Å². The normalized spacial score (nSPS) is 16.3. The number of nitrogens with zero attached hydrogens (tertiary/aromatic N) is 1. The molecular weight excluding hydrogens is 276 g/mol. The van der Waals surface area contributed by atoms with Gasteiger partial charge in [0.1, 0.15) is 9.88 Å². The number of hydrogen-bond acceptors (Lipinski definition) is 4. The van der Waals surface area contributed by atoms with Crippen molar-refractivity contribution in [3.63, 3.8) is 0 Å². The SMILES string of the molecule is Cc1nc(-c2cccs2)sc1C(=O)N[C@@H](C)C1CC1. The summed E-state index contributed by atoms with van der Waals surface area (Å²) < 4.78 is 0. The first-order valence-corrected chi connectivity index (χ1v) is 8.17. The maximum Gasteiger partial charge on any atom is 0.263 e. The molecule has 2 aromatic heterocycles. The fourth-order valence-corrected chi connectivity index (χ4v) is 3.87. The van der Waals surface area contributed by atoms with Crippen molar-refractivity contribution in [3.05, 3.63) is 28.1 Å². The molecule has 5 heteroatoms. The van der Waals surface area contributed by atoms with Gasteiger partial charge in [-0.3, -0.25) is 4.79 Å². The summed E-state index contributed by atoms with van der Waals surface area (Å²) in [6, 6.07) is 4.32. The number of nitrogens with one attached hydrogen (secondary N) is 1. The maximum absolute atomic E-state index is 12.3. The Morgan fingerprint density at radius 1 is 1.53 bits per heavy atom. The molecule has 0 unspecified atom stereocenters. The standard InChI is InChI=1S/C14H16N2OS2/c1-8(10-5-6-10)15-13(17)12-9(2)16-14(19-12)11-4-3-7-18-11/h3-4,7-8,10H,5-6H2,1-2H3,(H,15,17)/t8-/m0/s1. The molecule has 1 aliphatic carbocycles. The average molecular weight is 292 g/mol. The first kappa shape index (κ1) is 12.8. The lowest BCUT2D eigenvalue weighted by molar-refractivity contribution is 0.0939. The van der Waals surface area contributed by atoms with Crippen LogP contribution in [0.1, 0.15) is 35.1 Å². The zero-order valence-electron chi connectivity index (χ0n) is 11.0. The molecule has 3 rings (SSSR count). The van der Waals surface area contributed by atoms with Crippen LogP contribution in [0.2, 0.25) is 0 Å². The highest BCUT2D eigenvalue weighted by Gasteiger charge is 2.29. The number of rotatable bonds is 4. The minimum Gasteiger partial charge on any atom is -0.349 e. The van der Waals surface area contributed by atoms with Gasteiger partial charge in [-0.1, -0.05) is 6.07 Å². The second-order valence-corrected chi connectivity index (χ2v) is 6.96. The summed E-state index contributed by atoms with van der Waals surface area (Å²) in [4.78, 5) is 18.6. The van der Waals surface area contributed by atoms with Crippen molar-refractivity contribution in [1.82, 2.24) is 10.3 Å². The summed E-state index contributed by atoms with van der Waals surface area (Å²) in [6.45, 7) is 4.00. The monoisotopic (exact) mass is 292 g/mol. The highest BCUT2D eigenvalue weighted by atomic mass is 32.1. The molecule has 0 bridgehead atoms. The molecule has 0 spiro atoms. The highest BCUT2D eigenvalue weighted by molar-refractivity contribution is 7.22. The molecule has 1 aliphatic rings. The summed E-state index contributed by atoms with van der Waals surface area (Å²) in [6.07, 6.45) is 2.48. The molecule has 1 saturated carbocycles. The first-order valence-electron chi connectivity index (χ1n) is 6.47. The molecular formula is C14H16N2OS2. The van der Waals surface area contributed by atoms with Gasteiger partial charge in [-0.25, -0.2) is 4.98 Å². The van der Waals surface area contributed by atoms with Gasteiger partial charge in [-0.15, -0.1) is 22.7 Å². The fourth-order valence-electron chi connectivity index (χ4n) is 2.10. The number of amides is 1. The van der Waals surface area contributed by atoms with E-state index in [1.165, 1.54) is 24.2 Å². The van der Waals surface area contributed by atoms with E-state index in [0.29, 0.717) is 5.92 Å². The van der Waals surface area contributed by atoms with E-state index in [9.17, 15) is 4.79 Å². The van der Waals surface area contributed by atoms with Crippen LogP contribution in [0.5, 0.6) is 0 Å². The maximum atomic E-state index is 12.3. The number of carbonyl (C=O) groups excluding carboxylic acids is 1. The number of hydrogen-bond donors (Lipinski definition) is 1. The van der Waals surface area contributed by atoms with Gasteiger partial charge in [0, 0.05) is 6.04 Å². The van der Waals surface area contributed by atoms with Crippen molar-refractivity contribution in [2.24, 2.45) is 5.92 Å². The Hall–Kier alpha value is -1.20. The molecule has 3 nitrogen and oxygen atoms in total. The topological polar surface area (TPSA) is 42.0 Å². The van der Waals surface area contributed by atoms with Crippen molar-refractivity contribution in [2.75, 3.05) is 0 Å². The highest BCUT2D eigenvalue weighted by Crippen LogP contribution is 2.34. The molecule has 1 amide bonds. The summed E-state index contributed by atoms with van der Waals surface area (Å²) in [7, 11) is 0. The van der Waals surface area contributed by atoms with Crippen molar-refractivity contribution in [3.8, 4) is 9.88 Å². The van der Waals surface area contributed by atoms with Gasteiger partial charge in [0.15, 0.2) is 0 Å². The van der Waals surface area contributed by atoms with Crippen molar-refractivity contribution >= 4 is 28.6 Å². The van der Waals surface area contributed by atoms with Gasteiger partial charge in [-0.2, -0.15) is 0 Å². The van der Waals surface area contributed by atoms with Crippen LogP contribution in [0, 0.1) is 12.8 Å². The second-order valence-electron chi connectivity index (χ2n) is 5.01. The van der Waals surface area contributed by atoms with Gasteiger partial charge < -0.3 is 5.32 Å². The Bertz CT molecular complexity index is 585. The molecule has 0 radical (unpaired) electrons. The lowest BCUT2D eigenvalue weighted by atomic mass is 10.2. The Labute approximate surface area is 120 Å². The molecule has 1 fully saturated rings. The van der Waals surface area contributed by atoms with Crippen LogP contribution >= 0.6 is 22.7 Å². The van der Waals surface area contributed by atoms with Crippen LogP contribution in [0.25, 0.3) is 9.88 Å². The smallest absolute Gasteiger partial charge is 0.263 e. The van der Waals surface area contributed by atoms with E-state index >= 15 is 0 Å². The summed E-state index contributed by atoms with van der Waals surface area (Å²) in [5, 5.41) is 6.06. The van der Waals surface area contributed by atoms with Gasteiger partial charge in [0.05, 0.1) is 10.6 Å². The third kappa shape index (κ3) is 2.72. The zero-order chi connectivity index (χ0) is 13.4. The van der Waals surface area contributed by atoms with Crippen LogP contribution in [-0.2, 0) is 0 Å². The number of thiophene rings is 1. The molecule has 0 aromatic carbocycles. The van der Waals surface area contributed by atoms with E-state index < -0.39 is 0 Å².